The minimum Gasteiger partial charge on any atom is -0.480 e. The molecule has 0 aliphatic carbocycles. The van der Waals surface area contributed by atoms with Crippen LogP contribution in [0.25, 0.3) is 0 Å². The Morgan fingerprint density at radius 1 is 0.697 bits per heavy atom. The average molecular weight is 492 g/mol. The van der Waals surface area contributed by atoms with Crippen LogP contribution in [0, 0.1) is 0 Å². The molecule has 4 unspecified atom stereocenters. The molecule has 0 aromatic carbocycles. The second kappa shape index (κ2) is 14.6. The molecule has 0 rings (SSSR count). The van der Waals surface area contributed by atoms with Gasteiger partial charge in [0.05, 0.1) is 12.5 Å². The van der Waals surface area contributed by atoms with Crippen LogP contribution < -0.4 is 38.9 Å². The van der Waals surface area contributed by atoms with Crippen molar-refractivity contribution in [3.8, 4) is 0 Å². The summed E-state index contributed by atoms with van der Waals surface area (Å²) in [7, 11) is 0. The lowest BCUT2D eigenvalue weighted by Crippen LogP contribution is -2.57. The molecule has 0 aliphatic heterocycles. The lowest BCUT2D eigenvalue weighted by molar-refractivity contribution is -0.141. The van der Waals surface area contributed by atoms with Crippen LogP contribution in [0.1, 0.15) is 32.1 Å². The number of thiol groups is 1. The zero-order valence-corrected chi connectivity index (χ0v) is 18.5. The van der Waals surface area contributed by atoms with Crippen molar-refractivity contribution in [1.82, 2.24) is 16.0 Å². The van der Waals surface area contributed by atoms with E-state index < -0.39 is 72.0 Å². The SMILES string of the molecule is NC(=O)CCC(NC(=O)C(N)CC(N)=O)C(=O)NC(CCC(N)=O)C(=O)NC(CS)C(=O)O. The highest BCUT2D eigenvalue weighted by atomic mass is 32.1. The summed E-state index contributed by atoms with van der Waals surface area (Å²) < 4.78 is 0. The first-order chi connectivity index (χ1) is 15.3. The molecule has 33 heavy (non-hydrogen) atoms. The quantitative estimate of drug-likeness (QED) is 0.0935. The number of nitrogens with two attached hydrogens (primary N) is 4. The first-order valence-corrected chi connectivity index (χ1v) is 10.3. The number of carbonyl (C=O) groups is 7. The van der Waals surface area contributed by atoms with Crippen molar-refractivity contribution in [2.24, 2.45) is 22.9 Å². The predicted octanol–water partition coefficient (Wildman–Crippen LogP) is -4.81. The molecular formula is C17H29N7O8S. The van der Waals surface area contributed by atoms with Gasteiger partial charge in [-0.2, -0.15) is 12.6 Å². The van der Waals surface area contributed by atoms with Crippen molar-refractivity contribution >= 4 is 54.0 Å². The minimum absolute atomic E-state index is 0.257. The van der Waals surface area contributed by atoms with Crippen LogP contribution in [0.3, 0.4) is 0 Å². The summed E-state index contributed by atoms with van der Waals surface area (Å²) in [5, 5.41) is 15.7. The maximum absolute atomic E-state index is 12.7. The molecule has 0 spiro atoms. The average Bonchev–Trinajstić information content (AvgIpc) is 2.70. The highest BCUT2D eigenvalue weighted by molar-refractivity contribution is 7.80. The van der Waals surface area contributed by atoms with Gasteiger partial charge in [-0.25, -0.2) is 4.79 Å². The van der Waals surface area contributed by atoms with E-state index in [1.54, 1.807) is 0 Å². The molecule has 0 fully saturated rings. The van der Waals surface area contributed by atoms with Crippen molar-refractivity contribution in [3.63, 3.8) is 0 Å². The van der Waals surface area contributed by atoms with Crippen LogP contribution in [0.5, 0.6) is 0 Å². The Labute approximate surface area is 194 Å². The van der Waals surface area contributed by atoms with Gasteiger partial charge in [-0.1, -0.05) is 0 Å². The van der Waals surface area contributed by atoms with E-state index in [0.717, 1.165) is 0 Å². The van der Waals surface area contributed by atoms with Gasteiger partial charge in [0.25, 0.3) is 0 Å². The van der Waals surface area contributed by atoms with Crippen LogP contribution in [-0.4, -0.2) is 76.4 Å². The lowest BCUT2D eigenvalue weighted by atomic mass is 10.1. The third-order valence-electron chi connectivity index (χ3n) is 4.18. The monoisotopic (exact) mass is 491 g/mol. The summed E-state index contributed by atoms with van der Waals surface area (Å²) >= 11 is 3.82. The smallest absolute Gasteiger partial charge is 0.327 e. The Hall–Kier alpha value is -3.40. The number of amides is 6. The van der Waals surface area contributed by atoms with E-state index in [1.165, 1.54) is 0 Å². The third-order valence-corrected chi connectivity index (χ3v) is 4.54. The first kappa shape index (κ1) is 29.6. The van der Waals surface area contributed by atoms with Crippen molar-refractivity contribution in [2.75, 3.05) is 5.75 Å². The van der Waals surface area contributed by atoms with Gasteiger partial charge in [0.1, 0.15) is 18.1 Å². The van der Waals surface area contributed by atoms with Crippen molar-refractivity contribution < 1.29 is 38.7 Å². The normalized spacial score (nSPS) is 14.1. The molecule has 4 atom stereocenters. The van der Waals surface area contributed by atoms with Gasteiger partial charge in [-0.3, -0.25) is 28.8 Å². The molecule has 12 N–H and O–H groups in total. The van der Waals surface area contributed by atoms with E-state index in [2.05, 4.69) is 28.6 Å². The van der Waals surface area contributed by atoms with Crippen LogP contribution in [-0.2, 0) is 33.6 Å². The number of hydrogen-bond acceptors (Lipinski definition) is 9. The summed E-state index contributed by atoms with van der Waals surface area (Å²) in [5.74, 6) is -6.92. The fraction of sp³-hybridized carbons (Fsp3) is 0.588. The van der Waals surface area contributed by atoms with Gasteiger partial charge in [0, 0.05) is 18.6 Å². The number of carboxylic acid groups (broad SMARTS) is 1. The second-order valence-corrected chi connectivity index (χ2v) is 7.36. The molecule has 0 saturated heterocycles. The minimum atomic E-state index is -1.42. The number of aliphatic carboxylic acids is 1. The summed E-state index contributed by atoms with van der Waals surface area (Å²) in [6.45, 7) is 0. The second-order valence-electron chi connectivity index (χ2n) is 6.99. The van der Waals surface area contributed by atoms with Gasteiger partial charge >= 0.3 is 5.97 Å². The predicted molar refractivity (Wildman–Crippen MR) is 116 cm³/mol. The van der Waals surface area contributed by atoms with Crippen molar-refractivity contribution in [1.29, 1.82) is 0 Å². The Kier molecular flexibility index (Phi) is 13.1. The Morgan fingerprint density at radius 3 is 1.42 bits per heavy atom. The maximum Gasteiger partial charge on any atom is 0.327 e. The molecule has 0 aromatic heterocycles. The fourth-order valence-electron chi connectivity index (χ4n) is 2.43. The first-order valence-electron chi connectivity index (χ1n) is 9.63. The number of carboxylic acids is 1. The van der Waals surface area contributed by atoms with E-state index in [0.29, 0.717) is 0 Å². The van der Waals surface area contributed by atoms with E-state index in [9.17, 15) is 33.6 Å². The number of rotatable bonds is 16. The highest BCUT2D eigenvalue weighted by Gasteiger charge is 2.30. The van der Waals surface area contributed by atoms with Crippen LogP contribution in [0.2, 0.25) is 0 Å². The maximum atomic E-state index is 12.7. The number of hydrogen-bond donors (Lipinski definition) is 9. The Bertz CT molecular complexity index is 778. The molecule has 0 aliphatic rings. The molecule has 0 saturated carbocycles. The van der Waals surface area contributed by atoms with Crippen LogP contribution in [0.4, 0.5) is 0 Å². The van der Waals surface area contributed by atoms with Gasteiger partial charge in [-0.05, 0) is 12.8 Å². The number of nitrogens with one attached hydrogen (secondary N) is 3. The topological polar surface area (TPSA) is 280 Å². The highest BCUT2D eigenvalue weighted by Crippen LogP contribution is 2.04. The molecule has 186 valence electrons. The van der Waals surface area contributed by atoms with Crippen LogP contribution >= 0.6 is 12.6 Å². The number of primary amides is 3. The van der Waals surface area contributed by atoms with E-state index in [4.69, 9.17) is 28.0 Å². The van der Waals surface area contributed by atoms with E-state index in [-0.39, 0.29) is 31.4 Å². The zero-order chi connectivity index (χ0) is 25.7. The summed E-state index contributed by atoms with van der Waals surface area (Å²) in [6, 6.07) is -5.59. The molecule has 0 radical (unpaired) electrons. The summed E-state index contributed by atoms with van der Waals surface area (Å²) in [6.07, 6.45) is -1.75. The largest absolute Gasteiger partial charge is 0.480 e. The fourth-order valence-corrected chi connectivity index (χ4v) is 2.68. The van der Waals surface area contributed by atoms with Crippen molar-refractivity contribution in [2.45, 2.75) is 56.3 Å². The van der Waals surface area contributed by atoms with Crippen molar-refractivity contribution in [3.05, 3.63) is 0 Å². The molecule has 0 aromatic rings. The van der Waals surface area contributed by atoms with Gasteiger partial charge in [-0.15, -0.1) is 0 Å². The van der Waals surface area contributed by atoms with E-state index in [1.807, 2.05) is 0 Å². The van der Waals surface area contributed by atoms with Gasteiger partial charge in [0.15, 0.2) is 0 Å². The third kappa shape index (κ3) is 12.3. The summed E-state index contributed by atoms with van der Waals surface area (Å²) in [5.41, 5.74) is 20.7. The Morgan fingerprint density at radius 2 is 1.09 bits per heavy atom. The Balaban J connectivity index is 5.55. The van der Waals surface area contributed by atoms with Gasteiger partial charge in [0.2, 0.25) is 35.4 Å². The van der Waals surface area contributed by atoms with E-state index >= 15 is 0 Å². The summed E-state index contributed by atoms with van der Waals surface area (Å²) in [4.78, 5) is 81.8. The lowest BCUT2D eigenvalue weighted by Gasteiger charge is -2.24. The molecule has 0 bridgehead atoms. The van der Waals surface area contributed by atoms with Crippen LogP contribution in [0.15, 0.2) is 0 Å². The molecule has 6 amide bonds. The van der Waals surface area contributed by atoms with Gasteiger partial charge < -0.3 is 44.0 Å². The molecule has 0 heterocycles. The number of carbonyl (C=O) groups excluding carboxylic acids is 6. The molecule has 16 heteroatoms. The molecule has 15 nitrogen and oxygen atoms in total. The molecular weight excluding hydrogens is 462 g/mol. The zero-order valence-electron chi connectivity index (χ0n) is 17.6. The standard InChI is InChI=1S/C17H29N7O8S/c18-7(5-13(21)27)14(28)22-8(1-3-11(19)25)15(29)23-9(2-4-12(20)26)16(30)24-10(6-33)17(31)32/h7-10,33H,1-6,18H2,(H2,19,25)(H2,20,26)(H2,21,27)(H,22,28)(H,23,29)(H,24,30)(H,31,32).